The van der Waals surface area contributed by atoms with Crippen LogP contribution in [-0.4, -0.2) is 19.6 Å². The monoisotopic (exact) mass is 323 g/mol. The second kappa shape index (κ2) is 8.05. The number of hydrogen-bond donors (Lipinski definition) is 1. The van der Waals surface area contributed by atoms with E-state index in [1.165, 1.54) is 4.88 Å². The number of benzene rings is 1. The Morgan fingerprint density at radius 1 is 1.29 bits per heavy atom. The number of halogens is 1. The third kappa shape index (κ3) is 5.40. The molecule has 2 aromatic rings. The molecule has 21 heavy (non-hydrogen) atoms. The van der Waals surface area contributed by atoms with Gasteiger partial charge >= 0.3 is 0 Å². The Kier molecular flexibility index (Phi) is 6.08. The molecule has 2 rings (SSSR count). The van der Waals surface area contributed by atoms with Crippen molar-refractivity contribution >= 4 is 28.8 Å². The van der Waals surface area contributed by atoms with Crippen molar-refractivity contribution in [3.63, 3.8) is 0 Å². The molecule has 1 heterocycles. The Morgan fingerprint density at radius 3 is 2.67 bits per heavy atom. The summed E-state index contributed by atoms with van der Waals surface area (Å²) in [6.07, 6.45) is 2.06. The van der Waals surface area contributed by atoms with Crippen LogP contribution in [0.25, 0.3) is 0 Å². The molecule has 0 radical (unpaired) electrons. The molecule has 1 aromatic heterocycles. The zero-order valence-electron chi connectivity index (χ0n) is 11.9. The molecule has 112 valence electrons. The number of methoxy groups -OCH3 is 1. The molecular weight excluding hydrogens is 306 g/mol. The van der Waals surface area contributed by atoms with Gasteiger partial charge in [-0.15, -0.1) is 11.3 Å². The largest absolute Gasteiger partial charge is 0.497 e. The van der Waals surface area contributed by atoms with E-state index >= 15 is 0 Å². The fourth-order valence-electron chi connectivity index (χ4n) is 1.95. The molecule has 0 fully saturated rings. The van der Waals surface area contributed by atoms with Gasteiger partial charge in [-0.2, -0.15) is 0 Å². The molecule has 0 aliphatic carbocycles. The lowest BCUT2D eigenvalue weighted by Gasteiger charge is -2.05. The van der Waals surface area contributed by atoms with Crippen molar-refractivity contribution in [1.82, 2.24) is 5.32 Å². The van der Waals surface area contributed by atoms with Gasteiger partial charge in [0.05, 0.1) is 12.1 Å². The van der Waals surface area contributed by atoms with E-state index in [1.54, 1.807) is 18.4 Å². The quantitative estimate of drug-likeness (QED) is 0.843. The van der Waals surface area contributed by atoms with E-state index in [2.05, 4.69) is 5.32 Å². The van der Waals surface area contributed by atoms with Crippen LogP contribution < -0.4 is 10.1 Å². The summed E-state index contributed by atoms with van der Waals surface area (Å²) in [5.74, 6) is 0.909. The topological polar surface area (TPSA) is 38.3 Å². The van der Waals surface area contributed by atoms with E-state index in [0.29, 0.717) is 13.0 Å². The highest BCUT2D eigenvalue weighted by atomic mass is 35.5. The van der Waals surface area contributed by atoms with Crippen molar-refractivity contribution in [1.29, 1.82) is 0 Å². The number of hydrogen-bond acceptors (Lipinski definition) is 3. The third-order valence-corrected chi connectivity index (χ3v) is 4.46. The second-order valence-electron chi connectivity index (χ2n) is 4.68. The highest BCUT2D eigenvalue weighted by molar-refractivity contribution is 7.10. The average molecular weight is 324 g/mol. The van der Waals surface area contributed by atoms with Crippen molar-refractivity contribution in [2.24, 2.45) is 0 Å². The molecular formula is C16H18ClNO2S. The number of rotatable bonds is 7. The van der Waals surface area contributed by atoms with E-state index < -0.39 is 0 Å². The zero-order valence-corrected chi connectivity index (χ0v) is 13.5. The van der Waals surface area contributed by atoms with E-state index in [9.17, 15) is 4.79 Å². The molecule has 1 amide bonds. The average Bonchev–Trinajstić information content (AvgIpc) is 2.91. The van der Waals surface area contributed by atoms with E-state index in [0.717, 1.165) is 29.2 Å². The Hall–Kier alpha value is -1.52. The summed E-state index contributed by atoms with van der Waals surface area (Å²) in [7, 11) is 1.64. The predicted molar refractivity (Wildman–Crippen MR) is 87.4 cm³/mol. The maximum atomic E-state index is 11.8. The molecule has 0 atom stereocenters. The lowest BCUT2D eigenvalue weighted by atomic mass is 10.1. The molecule has 1 aromatic carbocycles. The first kappa shape index (κ1) is 15.9. The van der Waals surface area contributed by atoms with Gasteiger partial charge in [0.2, 0.25) is 5.91 Å². The van der Waals surface area contributed by atoms with Crippen LogP contribution in [0, 0.1) is 0 Å². The van der Waals surface area contributed by atoms with Gasteiger partial charge in [-0.05, 0) is 36.6 Å². The Bertz CT molecular complexity index is 580. The minimum atomic E-state index is 0.0773. The molecule has 5 heteroatoms. The van der Waals surface area contributed by atoms with Crippen molar-refractivity contribution in [2.75, 3.05) is 13.7 Å². The predicted octanol–water partition coefficient (Wildman–Crippen LogP) is 3.70. The lowest BCUT2D eigenvalue weighted by molar-refractivity contribution is -0.121. The van der Waals surface area contributed by atoms with Crippen LogP contribution in [0.2, 0.25) is 5.02 Å². The van der Waals surface area contributed by atoms with E-state index in [1.807, 2.05) is 35.7 Å². The molecule has 0 saturated heterocycles. The first-order valence-electron chi connectivity index (χ1n) is 6.80. The molecule has 0 saturated carbocycles. The van der Waals surface area contributed by atoms with Crippen LogP contribution in [0.15, 0.2) is 35.7 Å². The zero-order chi connectivity index (χ0) is 15.1. The van der Waals surface area contributed by atoms with E-state index in [4.69, 9.17) is 16.3 Å². The van der Waals surface area contributed by atoms with Gasteiger partial charge in [-0.1, -0.05) is 23.7 Å². The maximum absolute atomic E-state index is 11.8. The van der Waals surface area contributed by atoms with Crippen LogP contribution in [0.3, 0.4) is 0 Å². The van der Waals surface area contributed by atoms with Crippen molar-refractivity contribution in [3.05, 3.63) is 51.2 Å². The fourth-order valence-corrected chi connectivity index (χ4v) is 3.03. The summed E-state index contributed by atoms with van der Waals surface area (Å²) < 4.78 is 5.10. The maximum Gasteiger partial charge on any atom is 0.220 e. The number of carbonyl (C=O) groups excluding carboxylic acids is 1. The van der Waals surface area contributed by atoms with Gasteiger partial charge < -0.3 is 10.1 Å². The first-order chi connectivity index (χ1) is 10.2. The van der Waals surface area contributed by atoms with Crippen LogP contribution in [0.5, 0.6) is 5.75 Å². The SMILES string of the molecule is COc1ccc(CCC(=O)NCCc2cc(Cl)cs2)cc1. The van der Waals surface area contributed by atoms with Crippen LogP contribution >= 0.6 is 22.9 Å². The van der Waals surface area contributed by atoms with Gasteiger partial charge in [-0.3, -0.25) is 4.79 Å². The standard InChI is InChI=1S/C16H18ClNO2S/c1-20-14-5-2-12(3-6-14)4-7-16(19)18-9-8-15-10-13(17)11-21-15/h2-3,5-6,10-11H,4,7-9H2,1H3,(H,18,19). The summed E-state index contributed by atoms with van der Waals surface area (Å²) >= 11 is 7.47. The van der Waals surface area contributed by atoms with E-state index in [-0.39, 0.29) is 5.91 Å². The molecule has 0 bridgehead atoms. The summed E-state index contributed by atoms with van der Waals surface area (Å²) in [5, 5.41) is 5.60. The van der Waals surface area contributed by atoms with Gasteiger partial charge in [-0.25, -0.2) is 0 Å². The van der Waals surface area contributed by atoms with Gasteiger partial charge in [0.15, 0.2) is 0 Å². The van der Waals surface area contributed by atoms with Crippen molar-refractivity contribution in [2.45, 2.75) is 19.3 Å². The first-order valence-corrected chi connectivity index (χ1v) is 8.05. The second-order valence-corrected chi connectivity index (χ2v) is 6.11. The highest BCUT2D eigenvalue weighted by Crippen LogP contribution is 2.19. The van der Waals surface area contributed by atoms with Crippen LogP contribution in [0.1, 0.15) is 16.9 Å². The van der Waals surface area contributed by atoms with Crippen LogP contribution in [-0.2, 0) is 17.6 Å². The molecule has 0 unspecified atom stereocenters. The summed E-state index contributed by atoms with van der Waals surface area (Å²) in [4.78, 5) is 13.0. The minimum Gasteiger partial charge on any atom is -0.497 e. The number of aryl methyl sites for hydroxylation is 1. The Labute approximate surface area is 133 Å². The van der Waals surface area contributed by atoms with Crippen molar-refractivity contribution < 1.29 is 9.53 Å². The van der Waals surface area contributed by atoms with Gasteiger partial charge in [0.25, 0.3) is 0 Å². The highest BCUT2D eigenvalue weighted by Gasteiger charge is 2.03. The number of carbonyl (C=O) groups is 1. The number of ether oxygens (including phenoxy) is 1. The number of amides is 1. The summed E-state index contributed by atoms with van der Waals surface area (Å²) in [6.45, 7) is 0.651. The van der Waals surface area contributed by atoms with Gasteiger partial charge in [0, 0.05) is 23.2 Å². The number of thiophene rings is 1. The fraction of sp³-hybridized carbons (Fsp3) is 0.312. The Balaban J connectivity index is 1.67. The van der Waals surface area contributed by atoms with Crippen molar-refractivity contribution in [3.8, 4) is 5.75 Å². The summed E-state index contributed by atoms with van der Waals surface area (Å²) in [6, 6.07) is 9.73. The number of nitrogens with one attached hydrogen (secondary N) is 1. The molecule has 0 spiro atoms. The summed E-state index contributed by atoms with van der Waals surface area (Å²) in [5.41, 5.74) is 1.14. The molecule has 0 aliphatic rings. The van der Waals surface area contributed by atoms with Crippen LogP contribution in [0.4, 0.5) is 0 Å². The molecule has 3 nitrogen and oxygen atoms in total. The third-order valence-electron chi connectivity index (χ3n) is 3.12. The van der Waals surface area contributed by atoms with Gasteiger partial charge in [0.1, 0.15) is 5.75 Å². The normalized spacial score (nSPS) is 10.4. The smallest absolute Gasteiger partial charge is 0.220 e. The minimum absolute atomic E-state index is 0.0773. The Morgan fingerprint density at radius 2 is 2.05 bits per heavy atom. The molecule has 0 aliphatic heterocycles. The lowest BCUT2D eigenvalue weighted by Crippen LogP contribution is -2.25. The molecule has 1 N–H and O–H groups in total.